The number of hydrogen-bond donors (Lipinski definition) is 1. The summed E-state index contributed by atoms with van der Waals surface area (Å²) in [5.74, 6) is 1.85. The van der Waals surface area contributed by atoms with E-state index < -0.39 is 0 Å². The van der Waals surface area contributed by atoms with Crippen LogP contribution < -0.4 is 10.1 Å². The zero-order chi connectivity index (χ0) is 13.1. The Morgan fingerprint density at radius 1 is 1.32 bits per heavy atom. The summed E-state index contributed by atoms with van der Waals surface area (Å²) in [6.07, 6.45) is -0.0396. The lowest BCUT2D eigenvalue weighted by molar-refractivity contribution is 0.285. The molecule has 0 unspecified atom stereocenters. The van der Waals surface area contributed by atoms with Gasteiger partial charge < -0.3 is 10.1 Å². The molecule has 98 valence electrons. The lowest BCUT2D eigenvalue weighted by atomic mass is 10.1. The van der Waals surface area contributed by atoms with E-state index in [0.717, 1.165) is 30.2 Å². The van der Waals surface area contributed by atoms with Crippen molar-refractivity contribution in [3.63, 3.8) is 0 Å². The summed E-state index contributed by atoms with van der Waals surface area (Å²) in [6, 6.07) is 10.3. The maximum atomic E-state index is 6.06. The Morgan fingerprint density at radius 2 is 2.21 bits per heavy atom. The lowest BCUT2D eigenvalue weighted by Gasteiger charge is -2.17. The zero-order valence-corrected chi connectivity index (χ0v) is 11.6. The molecule has 2 aromatic rings. The highest BCUT2D eigenvalue weighted by molar-refractivity contribution is 7.08. The Balaban J connectivity index is 1.85. The number of hydrogen-bond acceptors (Lipinski definition) is 4. The highest BCUT2D eigenvalue weighted by Gasteiger charge is 2.17. The smallest absolute Gasteiger partial charge is 0.152 e. The normalized spacial score (nSPS) is 15.7. The molecule has 1 aromatic carbocycles. The van der Waals surface area contributed by atoms with Crippen molar-refractivity contribution >= 4 is 17.2 Å². The summed E-state index contributed by atoms with van der Waals surface area (Å²) >= 11 is 1.70. The second-order valence-electron chi connectivity index (χ2n) is 4.46. The number of para-hydroxylation sites is 1. The van der Waals surface area contributed by atoms with E-state index in [9.17, 15) is 0 Å². The molecule has 1 aliphatic rings. The molecule has 3 nitrogen and oxygen atoms in total. The van der Waals surface area contributed by atoms with Crippen molar-refractivity contribution in [1.82, 2.24) is 5.32 Å². The first-order chi connectivity index (χ1) is 9.34. The predicted octanol–water partition coefficient (Wildman–Crippen LogP) is 3.18. The zero-order valence-electron chi connectivity index (χ0n) is 10.8. The molecular formula is C15H16N2OS. The molecule has 0 radical (unpaired) electrons. The fourth-order valence-electron chi connectivity index (χ4n) is 2.16. The average Bonchev–Trinajstić information content (AvgIpc) is 3.13. The summed E-state index contributed by atoms with van der Waals surface area (Å²) in [7, 11) is 0. The van der Waals surface area contributed by atoms with Gasteiger partial charge in [0.1, 0.15) is 11.6 Å². The van der Waals surface area contributed by atoms with Crippen molar-refractivity contribution in [2.45, 2.75) is 13.0 Å². The second kappa shape index (κ2) is 5.45. The van der Waals surface area contributed by atoms with Crippen LogP contribution >= 0.6 is 11.3 Å². The van der Waals surface area contributed by atoms with Crippen molar-refractivity contribution in [1.29, 1.82) is 0 Å². The Bertz CT molecular complexity index is 578. The van der Waals surface area contributed by atoms with E-state index in [1.807, 2.05) is 25.1 Å². The number of rotatable bonds is 4. The van der Waals surface area contributed by atoms with E-state index in [-0.39, 0.29) is 6.10 Å². The van der Waals surface area contributed by atoms with E-state index in [1.54, 1.807) is 11.3 Å². The maximum absolute atomic E-state index is 6.06. The number of amidine groups is 1. The Labute approximate surface area is 117 Å². The minimum atomic E-state index is -0.0396. The van der Waals surface area contributed by atoms with Gasteiger partial charge in [0.15, 0.2) is 6.10 Å². The molecule has 19 heavy (non-hydrogen) atoms. The van der Waals surface area contributed by atoms with Crippen molar-refractivity contribution in [2.24, 2.45) is 4.99 Å². The summed E-state index contributed by atoms with van der Waals surface area (Å²) in [4.78, 5) is 4.41. The van der Waals surface area contributed by atoms with Crippen LogP contribution in [0, 0.1) is 0 Å². The Kier molecular flexibility index (Phi) is 3.51. The van der Waals surface area contributed by atoms with Gasteiger partial charge >= 0.3 is 0 Å². The van der Waals surface area contributed by atoms with E-state index in [2.05, 4.69) is 33.2 Å². The van der Waals surface area contributed by atoms with E-state index in [4.69, 9.17) is 4.74 Å². The molecule has 0 saturated heterocycles. The molecule has 1 aliphatic heterocycles. The third-order valence-electron chi connectivity index (χ3n) is 3.11. The second-order valence-corrected chi connectivity index (χ2v) is 5.24. The van der Waals surface area contributed by atoms with E-state index >= 15 is 0 Å². The van der Waals surface area contributed by atoms with Gasteiger partial charge in [-0.15, -0.1) is 0 Å². The molecule has 1 aromatic heterocycles. The molecule has 0 aliphatic carbocycles. The lowest BCUT2D eigenvalue weighted by Crippen LogP contribution is -2.33. The third-order valence-corrected chi connectivity index (χ3v) is 3.79. The maximum Gasteiger partial charge on any atom is 0.152 e. The van der Waals surface area contributed by atoms with Gasteiger partial charge in [0.05, 0.1) is 6.54 Å². The van der Waals surface area contributed by atoms with Gasteiger partial charge in [0.2, 0.25) is 0 Å². The summed E-state index contributed by atoms with van der Waals surface area (Å²) < 4.78 is 6.06. The quantitative estimate of drug-likeness (QED) is 0.927. The minimum Gasteiger partial charge on any atom is -0.482 e. The number of thiophene rings is 1. The number of aliphatic imine (C=N–C) groups is 1. The molecule has 0 amide bonds. The molecule has 0 fully saturated rings. The third kappa shape index (κ3) is 2.63. The van der Waals surface area contributed by atoms with E-state index in [0.29, 0.717) is 0 Å². The molecular weight excluding hydrogens is 256 g/mol. The van der Waals surface area contributed by atoms with Crippen LogP contribution in [0.1, 0.15) is 6.92 Å². The molecule has 2 heterocycles. The Morgan fingerprint density at radius 3 is 2.95 bits per heavy atom. The van der Waals surface area contributed by atoms with Crippen LogP contribution in [-0.4, -0.2) is 25.0 Å². The number of benzene rings is 1. The minimum absolute atomic E-state index is 0.0396. The predicted molar refractivity (Wildman–Crippen MR) is 80.1 cm³/mol. The number of nitrogens with one attached hydrogen (secondary N) is 1. The Hall–Kier alpha value is -1.81. The van der Waals surface area contributed by atoms with Gasteiger partial charge in [0, 0.05) is 12.1 Å². The fraction of sp³-hybridized carbons (Fsp3) is 0.267. The van der Waals surface area contributed by atoms with Crippen LogP contribution in [0.3, 0.4) is 0 Å². The molecule has 4 heteroatoms. The highest BCUT2D eigenvalue weighted by Crippen LogP contribution is 2.31. The van der Waals surface area contributed by atoms with Crippen LogP contribution in [0.25, 0.3) is 11.1 Å². The monoisotopic (exact) mass is 272 g/mol. The van der Waals surface area contributed by atoms with Gasteiger partial charge in [0.25, 0.3) is 0 Å². The largest absolute Gasteiger partial charge is 0.482 e. The highest BCUT2D eigenvalue weighted by atomic mass is 32.1. The van der Waals surface area contributed by atoms with E-state index in [1.165, 1.54) is 5.56 Å². The van der Waals surface area contributed by atoms with Gasteiger partial charge in [-0.05, 0) is 35.4 Å². The molecule has 1 N–H and O–H groups in total. The van der Waals surface area contributed by atoms with Gasteiger partial charge in [-0.25, -0.2) is 0 Å². The van der Waals surface area contributed by atoms with Crippen LogP contribution in [0.5, 0.6) is 5.75 Å². The fourth-order valence-corrected chi connectivity index (χ4v) is 2.82. The topological polar surface area (TPSA) is 33.6 Å². The molecule has 0 spiro atoms. The first-order valence-electron chi connectivity index (χ1n) is 6.41. The standard InChI is InChI=1S/C15H16N2OS/c1-11(15-16-7-8-17-15)18-14-5-3-2-4-13(14)12-6-9-19-10-12/h2-6,9-11H,7-8H2,1H3,(H,16,17)/t11-/m1/s1. The first-order valence-corrected chi connectivity index (χ1v) is 7.35. The molecule has 3 rings (SSSR count). The van der Waals surface area contributed by atoms with Crippen molar-refractivity contribution < 1.29 is 4.74 Å². The van der Waals surface area contributed by atoms with Crippen molar-refractivity contribution in [3.8, 4) is 16.9 Å². The molecule has 0 saturated carbocycles. The van der Waals surface area contributed by atoms with Crippen molar-refractivity contribution in [2.75, 3.05) is 13.1 Å². The molecule has 0 bridgehead atoms. The van der Waals surface area contributed by atoms with Crippen molar-refractivity contribution in [3.05, 3.63) is 41.1 Å². The molecule has 1 atom stereocenters. The van der Waals surface area contributed by atoms with Crippen LogP contribution in [0.4, 0.5) is 0 Å². The van der Waals surface area contributed by atoms with Gasteiger partial charge in [-0.1, -0.05) is 18.2 Å². The van der Waals surface area contributed by atoms with Crippen LogP contribution in [0.15, 0.2) is 46.1 Å². The number of nitrogens with zero attached hydrogens (tertiary/aromatic N) is 1. The number of ether oxygens (including phenoxy) is 1. The van der Waals surface area contributed by atoms with Crippen LogP contribution in [-0.2, 0) is 0 Å². The average molecular weight is 272 g/mol. The first kappa shape index (κ1) is 12.2. The van der Waals surface area contributed by atoms with Crippen LogP contribution in [0.2, 0.25) is 0 Å². The SMILES string of the molecule is C[C@@H](Oc1ccccc1-c1ccsc1)C1=NCCN1. The summed E-state index contributed by atoms with van der Waals surface area (Å²) in [5.41, 5.74) is 2.34. The van der Waals surface area contributed by atoms with Gasteiger partial charge in [-0.3, -0.25) is 4.99 Å². The summed E-state index contributed by atoms with van der Waals surface area (Å²) in [6.45, 7) is 3.78. The summed E-state index contributed by atoms with van der Waals surface area (Å²) in [5, 5.41) is 7.48. The van der Waals surface area contributed by atoms with Gasteiger partial charge in [-0.2, -0.15) is 11.3 Å².